The van der Waals surface area contributed by atoms with Gasteiger partial charge in [0.25, 0.3) is 0 Å². The van der Waals surface area contributed by atoms with Crippen LogP contribution in [0.25, 0.3) is 0 Å². The van der Waals surface area contributed by atoms with Gasteiger partial charge in [-0.15, -0.1) is 0 Å². The van der Waals surface area contributed by atoms with Gasteiger partial charge in [0.2, 0.25) is 11.8 Å². The van der Waals surface area contributed by atoms with E-state index in [1.165, 1.54) is 0 Å². The molecule has 2 amide bonds. The summed E-state index contributed by atoms with van der Waals surface area (Å²) in [6, 6.07) is 0. The van der Waals surface area contributed by atoms with Crippen LogP contribution >= 0.6 is 0 Å². The highest BCUT2D eigenvalue weighted by molar-refractivity contribution is 5.77. The molecule has 0 spiro atoms. The summed E-state index contributed by atoms with van der Waals surface area (Å²) in [5.74, 6) is 0.472. The molecule has 6 nitrogen and oxygen atoms in total. The van der Waals surface area contributed by atoms with Crippen molar-refractivity contribution in [3.63, 3.8) is 0 Å². The molecular formula is C15H28N4O2. The van der Waals surface area contributed by atoms with Crippen LogP contribution in [0.1, 0.15) is 59.8 Å². The lowest BCUT2D eigenvalue weighted by molar-refractivity contribution is -0.121. The van der Waals surface area contributed by atoms with Crippen molar-refractivity contribution in [1.82, 2.24) is 10.9 Å². The number of amides is 2. The molecule has 6 heteroatoms. The molecule has 0 heterocycles. The van der Waals surface area contributed by atoms with Gasteiger partial charge in [0, 0.05) is 25.3 Å². The van der Waals surface area contributed by atoms with Gasteiger partial charge >= 0.3 is 0 Å². The Morgan fingerprint density at radius 1 is 0.810 bits per heavy atom. The number of carbonyl (C=O) groups is 2. The van der Waals surface area contributed by atoms with Crippen LogP contribution in [-0.2, 0) is 9.59 Å². The summed E-state index contributed by atoms with van der Waals surface area (Å²) in [6.07, 6.45) is 6.60. The fraction of sp³-hybridized carbons (Fsp3) is 0.733. The number of hydrazone groups is 2. The maximum absolute atomic E-state index is 11.4. The topological polar surface area (TPSA) is 82.9 Å². The summed E-state index contributed by atoms with van der Waals surface area (Å²) in [6.45, 7) is 7.97. The monoisotopic (exact) mass is 296 g/mol. The van der Waals surface area contributed by atoms with Crippen LogP contribution in [0.4, 0.5) is 0 Å². The molecule has 0 aromatic rings. The smallest absolute Gasteiger partial charge is 0.240 e. The van der Waals surface area contributed by atoms with Crippen molar-refractivity contribution in [2.75, 3.05) is 0 Å². The molecule has 0 unspecified atom stereocenters. The summed E-state index contributed by atoms with van der Waals surface area (Å²) in [5.41, 5.74) is 4.97. The molecule has 0 aromatic heterocycles. The van der Waals surface area contributed by atoms with Gasteiger partial charge in [-0.3, -0.25) is 9.59 Å². The second kappa shape index (κ2) is 12.1. The fourth-order valence-electron chi connectivity index (χ4n) is 1.38. The normalized spacial score (nSPS) is 11.7. The number of rotatable bonds is 10. The van der Waals surface area contributed by atoms with E-state index in [4.69, 9.17) is 0 Å². The van der Waals surface area contributed by atoms with Gasteiger partial charge in [-0.1, -0.05) is 34.1 Å². The molecule has 0 saturated carbocycles. The first-order chi connectivity index (χ1) is 9.91. The molecule has 0 aliphatic heterocycles. The van der Waals surface area contributed by atoms with Gasteiger partial charge in [0.05, 0.1) is 0 Å². The van der Waals surface area contributed by atoms with E-state index in [1.54, 1.807) is 12.4 Å². The summed E-state index contributed by atoms with van der Waals surface area (Å²) in [5, 5.41) is 7.68. The first kappa shape index (κ1) is 19.3. The Morgan fingerprint density at radius 3 is 1.52 bits per heavy atom. The van der Waals surface area contributed by atoms with E-state index < -0.39 is 0 Å². The number of hydrogen-bond acceptors (Lipinski definition) is 4. The zero-order valence-electron chi connectivity index (χ0n) is 13.6. The van der Waals surface area contributed by atoms with Crippen LogP contribution in [0.5, 0.6) is 0 Å². The molecule has 0 rings (SSSR count). The molecule has 0 aliphatic carbocycles. The Morgan fingerprint density at radius 2 is 1.19 bits per heavy atom. The Labute approximate surface area is 127 Å². The van der Waals surface area contributed by atoms with Crippen LogP contribution in [0.2, 0.25) is 0 Å². The lowest BCUT2D eigenvalue weighted by Crippen LogP contribution is -2.18. The molecule has 0 aliphatic rings. The van der Waals surface area contributed by atoms with E-state index in [0.29, 0.717) is 24.7 Å². The number of nitrogens with zero attached hydrogens (tertiary/aromatic N) is 2. The van der Waals surface area contributed by atoms with Gasteiger partial charge < -0.3 is 0 Å². The summed E-state index contributed by atoms with van der Waals surface area (Å²) >= 11 is 0. The molecule has 0 bridgehead atoms. The van der Waals surface area contributed by atoms with Crippen LogP contribution in [-0.4, -0.2) is 24.2 Å². The highest BCUT2D eigenvalue weighted by atomic mass is 16.2. The van der Waals surface area contributed by atoms with E-state index in [0.717, 1.165) is 19.3 Å². The van der Waals surface area contributed by atoms with Crippen LogP contribution in [0.15, 0.2) is 10.2 Å². The molecule has 0 saturated heterocycles. The van der Waals surface area contributed by atoms with E-state index >= 15 is 0 Å². The summed E-state index contributed by atoms with van der Waals surface area (Å²) in [7, 11) is 0. The highest BCUT2D eigenvalue weighted by Crippen LogP contribution is 2.03. The zero-order valence-corrected chi connectivity index (χ0v) is 13.6. The molecule has 0 fully saturated rings. The Balaban J connectivity index is 3.55. The fourth-order valence-corrected chi connectivity index (χ4v) is 1.38. The van der Waals surface area contributed by atoms with Gasteiger partial charge in [-0.2, -0.15) is 10.2 Å². The predicted octanol–water partition coefficient (Wildman–Crippen LogP) is 2.45. The first-order valence-electron chi connectivity index (χ1n) is 7.56. The maximum atomic E-state index is 11.4. The molecular weight excluding hydrogens is 268 g/mol. The average molecular weight is 296 g/mol. The van der Waals surface area contributed by atoms with E-state index in [9.17, 15) is 9.59 Å². The van der Waals surface area contributed by atoms with Crippen molar-refractivity contribution in [2.24, 2.45) is 22.0 Å². The van der Waals surface area contributed by atoms with Crippen molar-refractivity contribution in [3.8, 4) is 0 Å². The van der Waals surface area contributed by atoms with Crippen molar-refractivity contribution in [2.45, 2.75) is 59.8 Å². The lowest BCUT2D eigenvalue weighted by Gasteiger charge is -2.02. The first-order valence-corrected chi connectivity index (χ1v) is 7.56. The van der Waals surface area contributed by atoms with E-state index in [1.807, 2.05) is 27.7 Å². The van der Waals surface area contributed by atoms with Crippen molar-refractivity contribution >= 4 is 24.2 Å². The minimum Gasteiger partial charge on any atom is -0.273 e. The van der Waals surface area contributed by atoms with Crippen LogP contribution in [0, 0.1) is 11.8 Å². The molecule has 0 aromatic carbocycles. The number of unbranched alkanes of at least 4 members (excludes halogenated alkanes) is 2. The van der Waals surface area contributed by atoms with Crippen molar-refractivity contribution in [1.29, 1.82) is 0 Å². The van der Waals surface area contributed by atoms with Crippen LogP contribution < -0.4 is 10.9 Å². The van der Waals surface area contributed by atoms with Gasteiger partial charge in [-0.05, 0) is 24.7 Å². The van der Waals surface area contributed by atoms with E-state index in [-0.39, 0.29) is 11.8 Å². The third kappa shape index (κ3) is 14.5. The molecule has 2 N–H and O–H groups in total. The number of hydrogen-bond donors (Lipinski definition) is 2. The SMILES string of the molecule is CC(C)C=NNC(=O)CCCCCC(=O)NN=CC(C)C. The molecule has 0 atom stereocenters. The summed E-state index contributed by atoms with van der Waals surface area (Å²) in [4.78, 5) is 22.8. The summed E-state index contributed by atoms with van der Waals surface area (Å²) < 4.78 is 0. The number of nitrogens with one attached hydrogen (secondary N) is 2. The van der Waals surface area contributed by atoms with Gasteiger partial charge in [0.1, 0.15) is 0 Å². The molecule has 0 radical (unpaired) electrons. The molecule has 120 valence electrons. The minimum atomic E-state index is -0.0853. The second-order valence-corrected chi connectivity index (χ2v) is 5.67. The quantitative estimate of drug-likeness (QED) is 0.369. The lowest BCUT2D eigenvalue weighted by atomic mass is 10.1. The standard InChI is InChI=1S/C15H28N4O2/c1-12(2)10-16-18-14(20)8-6-5-7-9-15(21)19-17-11-13(3)4/h10-13H,5-9H2,1-4H3,(H,18,20)(H,19,21). The number of carbonyl (C=O) groups excluding carboxylic acids is 2. The van der Waals surface area contributed by atoms with Crippen LogP contribution in [0.3, 0.4) is 0 Å². The predicted molar refractivity (Wildman–Crippen MR) is 86.0 cm³/mol. The Hall–Kier alpha value is -1.72. The Bertz CT molecular complexity index is 329. The van der Waals surface area contributed by atoms with Gasteiger partial charge in [-0.25, -0.2) is 10.9 Å². The third-order valence-corrected chi connectivity index (χ3v) is 2.43. The highest BCUT2D eigenvalue weighted by Gasteiger charge is 2.02. The van der Waals surface area contributed by atoms with Crippen molar-refractivity contribution in [3.05, 3.63) is 0 Å². The minimum absolute atomic E-state index is 0.0853. The third-order valence-electron chi connectivity index (χ3n) is 2.43. The van der Waals surface area contributed by atoms with E-state index in [2.05, 4.69) is 21.1 Å². The largest absolute Gasteiger partial charge is 0.273 e. The molecule has 21 heavy (non-hydrogen) atoms. The average Bonchev–Trinajstić information content (AvgIpc) is 2.37. The Kier molecular flexibility index (Phi) is 11.1. The van der Waals surface area contributed by atoms with Crippen molar-refractivity contribution < 1.29 is 9.59 Å². The maximum Gasteiger partial charge on any atom is 0.240 e. The van der Waals surface area contributed by atoms with Gasteiger partial charge in [0.15, 0.2) is 0 Å². The second-order valence-electron chi connectivity index (χ2n) is 5.67. The zero-order chi connectivity index (χ0) is 16.1.